The van der Waals surface area contributed by atoms with Crippen molar-refractivity contribution in [1.82, 2.24) is 4.57 Å². The fraction of sp³-hybridized carbons (Fsp3) is 0.211. The van der Waals surface area contributed by atoms with E-state index in [2.05, 4.69) is 34.2 Å². The highest BCUT2D eigenvalue weighted by Crippen LogP contribution is 2.32. The summed E-state index contributed by atoms with van der Waals surface area (Å²) in [4.78, 5) is 0. The molecule has 4 rings (SSSR count). The molecule has 0 bridgehead atoms. The number of halogens is 3. The number of para-hydroxylation sites is 1. The van der Waals surface area contributed by atoms with E-state index in [9.17, 15) is 13.2 Å². The molecule has 3 aromatic rings. The molecule has 128 valence electrons. The van der Waals surface area contributed by atoms with Gasteiger partial charge >= 0.3 is 6.18 Å². The Labute approximate surface area is 142 Å². The van der Waals surface area contributed by atoms with Crippen molar-refractivity contribution in [1.29, 1.82) is 0 Å². The molecule has 6 heteroatoms. The molecular weight excluding hydrogens is 327 g/mol. The van der Waals surface area contributed by atoms with Crippen molar-refractivity contribution in [3.05, 3.63) is 65.4 Å². The number of hydrazone groups is 1. The first kappa shape index (κ1) is 15.7. The summed E-state index contributed by atoms with van der Waals surface area (Å²) in [6.45, 7) is 2.93. The van der Waals surface area contributed by atoms with Crippen LogP contribution in [0.5, 0.6) is 0 Å². The average molecular weight is 343 g/mol. The van der Waals surface area contributed by atoms with Crippen LogP contribution in [0.1, 0.15) is 23.2 Å². The zero-order chi connectivity index (χ0) is 17.6. The fourth-order valence-corrected chi connectivity index (χ4v) is 3.39. The number of nitrogens with one attached hydrogen (secondary N) is 1. The summed E-state index contributed by atoms with van der Waals surface area (Å²) in [5.74, 6) is 0. The first-order valence-electron chi connectivity index (χ1n) is 8.03. The van der Waals surface area contributed by atoms with Crippen LogP contribution >= 0.6 is 0 Å². The number of aryl methyl sites for hydroxylation is 2. The van der Waals surface area contributed by atoms with Gasteiger partial charge in [0.2, 0.25) is 0 Å². The van der Waals surface area contributed by atoms with Gasteiger partial charge in [0.1, 0.15) is 0 Å². The predicted molar refractivity (Wildman–Crippen MR) is 92.9 cm³/mol. The van der Waals surface area contributed by atoms with Crippen molar-refractivity contribution < 1.29 is 13.2 Å². The number of rotatable bonds is 2. The second-order valence-electron chi connectivity index (χ2n) is 6.14. The lowest BCUT2D eigenvalue weighted by Crippen LogP contribution is -2.05. The van der Waals surface area contributed by atoms with Gasteiger partial charge < -0.3 is 4.57 Å². The van der Waals surface area contributed by atoms with E-state index in [-0.39, 0.29) is 0 Å². The third kappa shape index (κ3) is 2.67. The maximum Gasteiger partial charge on any atom is 0.416 e. The Hall–Kier alpha value is -2.76. The highest BCUT2D eigenvalue weighted by molar-refractivity contribution is 6.07. The third-order valence-corrected chi connectivity index (χ3v) is 4.60. The van der Waals surface area contributed by atoms with Crippen molar-refractivity contribution in [2.45, 2.75) is 26.1 Å². The Balaban J connectivity index is 1.63. The summed E-state index contributed by atoms with van der Waals surface area (Å²) in [7, 11) is 0. The van der Waals surface area contributed by atoms with Gasteiger partial charge in [-0.25, -0.2) is 0 Å². The average Bonchev–Trinajstić information content (AvgIpc) is 3.13. The largest absolute Gasteiger partial charge is 0.416 e. The van der Waals surface area contributed by atoms with Crippen molar-refractivity contribution in [3.8, 4) is 0 Å². The van der Waals surface area contributed by atoms with Gasteiger partial charge in [-0.2, -0.15) is 18.3 Å². The van der Waals surface area contributed by atoms with E-state index in [1.54, 1.807) is 0 Å². The lowest BCUT2D eigenvalue weighted by molar-refractivity contribution is -0.137. The van der Waals surface area contributed by atoms with Crippen molar-refractivity contribution in [2.75, 3.05) is 5.43 Å². The van der Waals surface area contributed by atoms with Crippen LogP contribution in [0.4, 0.5) is 18.9 Å². The number of alkyl halides is 3. The summed E-state index contributed by atoms with van der Waals surface area (Å²) < 4.78 is 40.1. The molecule has 3 nitrogen and oxygen atoms in total. The van der Waals surface area contributed by atoms with Gasteiger partial charge in [0, 0.05) is 23.9 Å². The maximum absolute atomic E-state index is 12.6. The summed E-state index contributed by atoms with van der Waals surface area (Å²) >= 11 is 0. The molecule has 2 heterocycles. The Morgan fingerprint density at radius 3 is 2.48 bits per heavy atom. The first-order chi connectivity index (χ1) is 11.9. The zero-order valence-electron chi connectivity index (χ0n) is 13.6. The molecule has 1 aliphatic rings. The van der Waals surface area contributed by atoms with Gasteiger partial charge in [0.15, 0.2) is 0 Å². The van der Waals surface area contributed by atoms with Crippen LogP contribution in [0.2, 0.25) is 0 Å². The van der Waals surface area contributed by atoms with Gasteiger partial charge in [-0.3, -0.25) is 5.43 Å². The van der Waals surface area contributed by atoms with Crippen LogP contribution in [-0.4, -0.2) is 10.3 Å². The molecule has 1 aromatic heterocycles. The number of benzene rings is 2. The van der Waals surface area contributed by atoms with Crippen LogP contribution in [0.15, 0.2) is 53.6 Å². The normalized spacial score (nSPS) is 15.8. The SMILES string of the molecule is Cc1c2n(c3ccccc13)CCC2=NNc1ccc(C(F)(F)F)cc1. The molecule has 0 spiro atoms. The maximum atomic E-state index is 12.6. The molecule has 0 amide bonds. The molecule has 0 saturated heterocycles. The number of fused-ring (bicyclic) bond motifs is 3. The molecule has 1 aliphatic heterocycles. The van der Waals surface area contributed by atoms with Crippen LogP contribution < -0.4 is 5.43 Å². The van der Waals surface area contributed by atoms with E-state index in [0.717, 1.165) is 36.5 Å². The van der Waals surface area contributed by atoms with E-state index in [1.807, 2.05) is 12.1 Å². The number of hydrogen-bond donors (Lipinski definition) is 1. The van der Waals surface area contributed by atoms with Crippen LogP contribution in [0.3, 0.4) is 0 Å². The van der Waals surface area contributed by atoms with Crippen LogP contribution in [0.25, 0.3) is 10.9 Å². The summed E-state index contributed by atoms with van der Waals surface area (Å²) in [5.41, 5.74) is 7.15. The number of anilines is 1. The van der Waals surface area contributed by atoms with Gasteiger partial charge in [0.25, 0.3) is 0 Å². The molecule has 0 atom stereocenters. The predicted octanol–water partition coefficient (Wildman–Crippen LogP) is 5.19. The Kier molecular flexibility index (Phi) is 3.56. The highest BCUT2D eigenvalue weighted by Gasteiger charge is 2.30. The van der Waals surface area contributed by atoms with Gasteiger partial charge in [-0.05, 0) is 42.8 Å². The standard InChI is InChI=1S/C19H16F3N3/c1-12-15-4-2-3-5-17(15)25-11-10-16(18(12)25)24-23-14-8-6-13(7-9-14)19(20,21)22/h2-9,23H,10-11H2,1H3. The second-order valence-corrected chi connectivity index (χ2v) is 6.14. The summed E-state index contributed by atoms with van der Waals surface area (Å²) in [5, 5.41) is 5.66. The topological polar surface area (TPSA) is 29.3 Å². The Morgan fingerprint density at radius 2 is 1.76 bits per heavy atom. The smallest absolute Gasteiger partial charge is 0.339 e. The van der Waals surface area contributed by atoms with E-state index < -0.39 is 11.7 Å². The van der Waals surface area contributed by atoms with E-state index in [1.165, 1.54) is 28.6 Å². The van der Waals surface area contributed by atoms with Crippen LogP contribution in [-0.2, 0) is 12.7 Å². The molecule has 0 radical (unpaired) electrons. The lowest BCUT2D eigenvalue weighted by atomic mass is 10.1. The lowest BCUT2D eigenvalue weighted by Gasteiger charge is -2.07. The zero-order valence-corrected chi connectivity index (χ0v) is 13.6. The minimum Gasteiger partial charge on any atom is -0.339 e. The number of aromatic nitrogens is 1. The number of hydrogen-bond acceptors (Lipinski definition) is 2. The Morgan fingerprint density at radius 1 is 1.04 bits per heavy atom. The molecule has 0 aliphatic carbocycles. The van der Waals surface area contributed by atoms with E-state index >= 15 is 0 Å². The van der Waals surface area contributed by atoms with Crippen molar-refractivity contribution in [2.24, 2.45) is 5.10 Å². The summed E-state index contributed by atoms with van der Waals surface area (Å²) in [6.07, 6.45) is -3.53. The highest BCUT2D eigenvalue weighted by atomic mass is 19.4. The van der Waals surface area contributed by atoms with E-state index in [4.69, 9.17) is 0 Å². The summed E-state index contributed by atoms with van der Waals surface area (Å²) in [6, 6.07) is 13.1. The molecule has 0 fully saturated rings. The van der Waals surface area contributed by atoms with Gasteiger partial charge in [-0.15, -0.1) is 0 Å². The minimum atomic E-state index is -4.33. The molecule has 25 heavy (non-hydrogen) atoms. The van der Waals surface area contributed by atoms with Crippen LogP contribution in [0, 0.1) is 6.92 Å². The molecule has 0 unspecified atom stereocenters. The monoisotopic (exact) mass is 343 g/mol. The Bertz CT molecular complexity index is 966. The van der Waals surface area contributed by atoms with Crippen molar-refractivity contribution >= 4 is 22.3 Å². The molecule has 2 aromatic carbocycles. The molecule has 0 saturated carbocycles. The number of nitrogens with zero attached hydrogens (tertiary/aromatic N) is 2. The van der Waals surface area contributed by atoms with Gasteiger partial charge in [0.05, 0.1) is 22.7 Å². The van der Waals surface area contributed by atoms with Crippen molar-refractivity contribution in [3.63, 3.8) is 0 Å². The minimum absolute atomic E-state index is 0.535. The van der Waals surface area contributed by atoms with Gasteiger partial charge in [-0.1, -0.05) is 18.2 Å². The second kappa shape index (κ2) is 5.65. The quantitative estimate of drug-likeness (QED) is 0.638. The molecular formula is C19H16F3N3. The van der Waals surface area contributed by atoms with E-state index in [0.29, 0.717) is 5.69 Å². The first-order valence-corrected chi connectivity index (χ1v) is 8.03. The fourth-order valence-electron chi connectivity index (χ4n) is 3.39. The third-order valence-electron chi connectivity index (χ3n) is 4.60. The molecule has 1 N–H and O–H groups in total.